The third kappa shape index (κ3) is 1.97. The van der Waals surface area contributed by atoms with Crippen LogP contribution in [-0.2, 0) is 0 Å². The highest BCUT2D eigenvalue weighted by Crippen LogP contribution is 2.26. The van der Waals surface area contributed by atoms with E-state index in [1.54, 1.807) is 0 Å². The van der Waals surface area contributed by atoms with Crippen LogP contribution in [0.5, 0.6) is 0 Å². The van der Waals surface area contributed by atoms with E-state index in [4.69, 9.17) is 17.3 Å². The van der Waals surface area contributed by atoms with E-state index in [2.05, 4.69) is 0 Å². The highest BCUT2D eigenvalue weighted by Gasteiger charge is 2.08. The predicted molar refractivity (Wildman–Crippen MR) is 63.0 cm³/mol. The first kappa shape index (κ1) is 10.4. The number of halogens is 1. The third-order valence-corrected chi connectivity index (χ3v) is 2.69. The summed E-state index contributed by atoms with van der Waals surface area (Å²) in [6.45, 7) is 0.224. The molecule has 2 aromatic rings. The van der Waals surface area contributed by atoms with Gasteiger partial charge in [-0.3, -0.25) is 0 Å². The average molecular weight is 222 g/mol. The Morgan fingerprint density at radius 3 is 2.80 bits per heavy atom. The second kappa shape index (κ2) is 4.19. The van der Waals surface area contributed by atoms with Gasteiger partial charge in [-0.2, -0.15) is 0 Å². The van der Waals surface area contributed by atoms with Gasteiger partial charge in [-0.15, -0.1) is 0 Å². The van der Waals surface area contributed by atoms with Crippen molar-refractivity contribution in [2.24, 2.45) is 5.73 Å². The van der Waals surface area contributed by atoms with Gasteiger partial charge in [0.05, 0.1) is 6.10 Å². The van der Waals surface area contributed by atoms with Crippen molar-refractivity contribution in [2.45, 2.75) is 6.10 Å². The van der Waals surface area contributed by atoms with Crippen LogP contribution in [0.25, 0.3) is 10.8 Å². The summed E-state index contributed by atoms with van der Waals surface area (Å²) < 4.78 is 0. The second-order valence-electron chi connectivity index (χ2n) is 3.46. The van der Waals surface area contributed by atoms with E-state index in [0.29, 0.717) is 5.02 Å². The number of benzene rings is 2. The van der Waals surface area contributed by atoms with Crippen LogP contribution in [0.1, 0.15) is 11.7 Å². The molecule has 2 nitrogen and oxygen atoms in total. The lowest BCUT2D eigenvalue weighted by molar-refractivity contribution is 0.188. The molecule has 3 N–H and O–H groups in total. The summed E-state index contributed by atoms with van der Waals surface area (Å²) in [6, 6.07) is 11.3. The topological polar surface area (TPSA) is 46.2 Å². The zero-order valence-corrected chi connectivity index (χ0v) is 8.91. The molecular formula is C12H12ClNO. The van der Waals surface area contributed by atoms with Gasteiger partial charge in [0.2, 0.25) is 0 Å². The van der Waals surface area contributed by atoms with Gasteiger partial charge in [0.25, 0.3) is 0 Å². The van der Waals surface area contributed by atoms with Gasteiger partial charge < -0.3 is 10.8 Å². The van der Waals surface area contributed by atoms with E-state index in [1.807, 2.05) is 36.4 Å². The molecule has 1 atom stereocenters. The molecule has 2 rings (SSSR count). The maximum absolute atomic E-state index is 9.74. The molecule has 0 fully saturated rings. The smallest absolute Gasteiger partial charge is 0.0918 e. The Morgan fingerprint density at radius 2 is 2.07 bits per heavy atom. The highest BCUT2D eigenvalue weighted by molar-refractivity contribution is 6.31. The summed E-state index contributed by atoms with van der Waals surface area (Å²) in [5, 5.41) is 12.5. The molecule has 15 heavy (non-hydrogen) atoms. The standard InChI is InChI=1S/C12H12ClNO/c13-9-4-5-10-8(6-9)2-1-3-11(10)12(15)7-14/h1-6,12,15H,7,14H2. The quantitative estimate of drug-likeness (QED) is 0.819. The van der Waals surface area contributed by atoms with Crippen LogP contribution in [0.2, 0.25) is 5.02 Å². The van der Waals surface area contributed by atoms with Crippen molar-refractivity contribution < 1.29 is 5.11 Å². The molecule has 0 aromatic heterocycles. The lowest BCUT2D eigenvalue weighted by Crippen LogP contribution is -2.11. The first-order valence-corrected chi connectivity index (χ1v) is 5.16. The minimum Gasteiger partial charge on any atom is -0.387 e. The molecule has 2 aromatic carbocycles. The minimum atomic E-state index is -0.616. The van der Waals surface area contributed by atoms with Crippen LogP contribution in [0.15, 0.2) is 36.4 Å². The van der Waals surface area contributed by atoms with Gasteiger partial charge in [0, 0.05) is 11.6 Å². The maximum Gasteiger partial charge on any atom is 0.0918 e. The molecule has 0 aliphatic rings. The highest BCUT2D eigenvalue weighted by atomic mass is 35.5. The molecule has 1 unspecified atom stereocenters. The first-order chi connectivity index (χ1) is 7.22. The van der Waals surface area contributed by atoms with Crippen molar-refractivity contribution in [3.63, 3.8) is 0 Å². The SMILES string of the molecule is NCC(O)c1cccc2cc(Cl)ccc12. The van der Waals surface area contributed by atoms with Crippen molar-refractivity contribution in [3.05, 3.63) is 47.0 Å². The predicted octanol–water partition coefficient (Wildman–Crippen LogP) is 2.49. The van der Waals surface area contributed by atoms with E-state index in [-0.39, 0.29) is 6.54 Å². The summed E-state index contributed by atoms with van der Waals surface area (Å²) in [5.74, 6) is 0. The number of hydrogen-bond acceptors (Lipinski definition) is 2. The molecule has 0 bridgehead atoms. The third-order valence-electron chi connectivity index (χ3n) is 2.46. The Hall–Kier alpha value is -1.09. The van der Waals surface area contributed by atoms with Crippen molar-refractivity contribution >= 4 is 22.4 Å². The number of fused-ring (bicyclic) bond motifs is 1. The molecular weight excluding hydrogens is 210 g/mol. The van der Waals surface area contributed by atoms with Gasteiger partial charge >= 0.3 is 0 Å². The van der Waals surface area contributed by atoms with E-state index in [9.17, 15) is 5.11 Å². The first-order valence-electron chi connectivity index (χ1n) is 4.78. The molecule has 0 spiro atoms. The number of aliphatic hydroxyl groups is 1. The Labute approximate surface area is 93.3 Å². The van der Waals surface area contributed by atoms with Crippen LogP contribution in [0.4, 0.5) is 0 Å². The number of rotatable bonds is 2. The summed E-state index contributed by atoms with van der Waals surface area (Å²) in [7, 11) is 0. The summed E-state index contributed by atoms with van der Waals surface area (Å²) in [5.41, 5.74) is 6.30. The average Bonchev–Trinajstić information content (AvgIpc) is 2.26. The van der Waals surface area contributed by atoms with Gasteiger partial charge in [-0.1, -0.05) is 35.9 Å². The summed E-state index contributed by atoms with van der Waals surface area (Å²) >= 11 is 5.90. The van der Waals surface area contributed by atoms with Gasteiger partial charge in [-0.25, -0.2) is 0 Å². The lowest BCUT2D eigenvalue weighted by Gasteiger charge is -2.11. The monoisotopic (exact) mass is 221 g/mol. The van der Waals surface area contributed by atoms with Crippen molar-refractivity contribution in [1.29, 1.82) is 0 Å². The molecule has 0 aliphatic heterocycles. The van der Waals surface area contributed by atoms with Crippen molar-refractivity contribution in [1.82, 2.24) is 0 Å². The van der Waals surface area contributed by atoms with Crippen LogP contribution in [0.3, 0.4) is 0 Å². The summed E-state index contributed by atoms with van der Waals surface area (Å²) in [4.78, 5) is 0. The van der Waals surface area contributed by atoms with Crippen LogP contribution in [0, 0.1) is 0 Å². The lowest BCUT2D eigenvalue weighted by atomic mass is 10.0. The molecule has 0 aliphatic carbocycles. The maximum atomic E-state index is 9.74. The molecule has 0 radical (unpaired) electrons. The summed E-state index contributed by atoms with van der Waals surface area (Å²) in [6.07, 6.45) is -0.616. The van der Waals surface area contributed by atoms with Crippen LogP contribution < -0.4 is 5.73 Å². The number of hydrogen-bond donors (Lipinski definition) is 2. The van der Waals surface area contributed by atoms with E-state index < -0.39 is 6.10 Å². The van der Waals surface area contributed by atoms with Crippen LogP contribution >= 0.6 is 11.6 Å². The molecule has 0 amide bonds. The van der Waals surface area contributed by atoms with E-state index in [1.165, 1.54) is 0 Å². The molecule has 3 heteroatoms. The minimum absolute atomic E-state index is 0.224. The Balaban J connectivity index is 2.66. The fourth-order valence-electron chi connectivity index (χ4n) is 1.70. The Morgan fingerprint density at radius 1 is 1.27 bits per heavy atom. The van der Waals surface area contributed by atoms with Gasteiger partial charge in [0.1, 0.15) is 0 Å². The van der Waals surface area contributed by atoms with Gasteiger partial charge in [0.15, 0.2) is 0 Å². The van der Waals surface area contributed by atoms with Crippen molar-refractivity contribution in [3.8, 4) is 0 Å². The molecule has 0 heterocycles. The molecule has 0 saturated carbocycles. The Bertz CT molecular complexity index is 484. The number of nitrogens with two attached hydrogens (primary N) is 1. The van der Waals surface area contributed by atoms with Crippen molar-refractivity contribution in [2.75, 3.05) is 6.54 Å². The fraction of sp³-hybridized carbons (Fsp3) is 0.167. The largest absolute Gasteiger partial charge is 0.387 e. The fourth-order valence-corrected chi connectivity index (χ4v) is 1.88. The zero-order valence-electron chi connectivity index (χ0n) is 8.15. The van der Waals surface area contributed by atoms with Crippen LogP contribution in [-0.4, -0.2) is 11.7 Å². The molecule has 78 valence electrons. The zero-order chi connectivity index (χ0) is 10.8. The number of aliphatic hydroxyl groups excluding tert-OH is 1. The Kier molecular flexibility index (Phi) is 2.91. The van der Waals surface area contributed by atoms with E-state index >= 15 is 0 Å². The second-order valence-corrected chi connectivity index (χ2v) is 3.90. The molecule has 0 saturated heterocycles. The van der Waals surface area contributed by atoms with Gasteiger partial charge in [-0.05, 0) is 28.5 Å². The normalized spacial score (nSPS) is 13.0. The van der Waals surface area contributed by atoms with E-state index in [0.717, 1.165) is 16.3 Å².